The van der Waals surface area contributed by atoms with Gasteiger partial charge in [-0.2, -0.15) is 0 Å². The van der Waals surface area contributed by atoms with Gasteiger partial charge in [-0.25, -0.2) is 13.4 Å². The van der Waals surface area contributed by atoms with Crippen molar-refractivity contribution < 1.29 is 13.2 Å². The summed E-state index contributed by atoms with van der Waals surface area (Å²) < 4.78 is 23.4. The average Bonchev–Trinajstić information content (AvgIpc) is 3.19. The van der Waals surface area contributed by atoms with E-state index in [1.807, 2.05) is 24.4 Å². The molecular formula is C20H28N4O3S2. The van der Waals surface area contributed by atoms with Crippen LogP contribution < -0.4 is 16.0 Å². The van der Waals surface area contributed by atoms with Gasteiger partial charge < -0.3 is 16.0 Å². The third-order valence-electron chi connectivity index (χ3n) is 4.08. The highest BCUT2D eigenvalue weighted by molar-refractivity contribution is 7.90. The van der Waals surface area contributed by atoms with E-state index < -0.39 is 9.84 Å². The number of aliphatic imine (C=N–C) groups is 1. The number of carbonyl (C=O) groups is 1. The Kier molecular flexibility index (Phi) is 8.66. The maximum atomic E-state index is 11.9. The summed E-state index contributed by atoms with van der Waals surface area (Å²) in [5, 5.41) is 11.2. The van der Waals surface area contributed by atoms with E-state index in [9.17, 15) is 13.2 Å². The van der Waals surface area contributed by atoms with Crippen molar-refractivity contribution in [2.45, 2.75) is 31.7 Å². The first kappa shape index (κ1) is 22.9. The van der Waals surface area contributed by atoms with Gasteiger partial charge in [0, 0.05) is 25.9 Å². The molecule has 0 fully saturated rings. The summed E-state index contributed by atoms with van der Waals surface area (Å²) in [6.45, 7) is 6.20. The smallest absolute Gasteiger partial charge is 0.261 e. The van der Waals surface area contributed by atoms with E-state index in [0.29, 0.717) is 35.4 Å². The molecule has 9 heteroatoms. The fourth-order valence-electron chi connectivity index (χ4n) is 2.73. The molecule has 0 saturated heterocycles. The van der Waals surface area contributed by atoms with E-state index in [2.05, 4.69) is 20.9 Å². The van der Waals surface area contributed by atoms with Crippen LogP contribution in [0.1, 0.15) is 34.1 Å². The van der Waals surface area contributed by atoms with Crippen LogP contribution in [-0.2, 0) is 16.4 Å². The zero-order valence-electron chi connectivity index (χ0n) is 17.0. The summed E-state index contributed by atoms with van der Waals surface area (Å²) in [4.78, 5) is 17.5. The molecule has 0 atom stereocenters. The number of hydrogen-bond acceptors (Lipinski definition) is 5. The van der Waals surface area contributed by atoms with Crippen LogP contribution in [0.4, 0.5) is 0 Å². The number of sulfone groups is 1. The highest BCUT2D eigenvalue weighted by atomic mass is 32.2. The third kappa shape index (κ3) is 7.51. The van der Waals surface area contributed by atoms with Gasteiger partial charge in [0.1, 0.15) is 0 Å². The summed E-state index contributed by atoms with van der Waals surface area (Å²) in [6.07, 6.45) is 1.98. The van der Waals surface area contributed by atoms with Crippen LogP contribution in [0.5, 0.6) is 0 Å². The van der Waals surface area contributed by atoms with Crippen LogP contribution in [0.3, 0.4) is 0 Å². The largest absolute Gasteiger partial charge is 0.357 e. The minimum Gasteiger partial charge on any atom is -0.357 e. The van der Waals surface area contributed by atoms with Crippen molar-refractivity contribution in [1.82, 2.24) is 16.0 Å². The van der Waals surface area contributed by atoms with Crippen LogP contribution in [0, 0.1) is 6.92 Å². The molecule has 1 amide bonds. The molecular weight excluding hydrogens is 408 g/mol. The molecule has 0 aliphatic carbocycles. The van der Waals surface area contributed by atoms with Crippen molar-refractivity contribution in [3.05, 3.63) is 51.7 Å². The number of guanidine groups is 1. The van der Waals surface area contributed by atoms with Crippen molar-refractivity contribution in [3.8, 4) is 0 Å². The first-order valence-corrected chi connectivity index (χ1v) is 12.2. The summed E-state index contributed by atoms with van der Waals surface area (Å²) in [5.41, 5.74) is 1.66. The minimum atomic E-state index is -3.22. The second kappa shape index (κ2) is 11.0. The second-order valence-corrected chi connectivity index (χ2v) is 9.51. The van der Waals surface area contributed by atoms with E-state index in [1.165, 1.54) is 17.6 Å². The molecule has 1 heterocycles. The summed E-state index contributed by atoms with van der Waals surface area (Å²) in [5.74, 6) is 0.635. The predicted octanol–water partition coefficient (Wildman–Crippen LogP) is 2.34. The lowest BCUT2D eigenvalue weighted by Crippen LogP contribution is -2.38. The number of hydrogen-bond donors (Lipinski definition) is 3. The van der Waals surface area contributed by atoms with Gasteiger partial charge in [-0.15, -0.1) is 11.3 Å². The lowest BCUT2D eigenvalue weighted by atomic mass is 10.1. The molecule has 0 aliphatic rings. The molecule has 0 aliphatic heterocycles. The highest BCUT2D eigenvalue weighted by Gasteiger charge is 2.10. The molecule has 3 N–H and O–H groups in total. The second-order valence-electron chi connectivity index (χ2n) is 6.58. The van der Waals surface area contributed by atoms with Crippen LogP contribution in [0.15, 0.2) is 45.6 Å². The van der Waals surface area contributed by atoms with Crippen molar-refractivity contribution >= 4 is 33.0 Å². The molecule has 0 spiro atoms. The Labute approximate surface area is 176 Å². The monoisotopic (exact) mass is 436 g/mol. The highest BCUT2D eigenvalue weighted by Crippen LogP contribution is 2.17. The lowest BCUT2D eigenvalue weighted by Gasteiger charge is -2.12. The van der Waals surface area contributed by atoms with E-state index in [-0.39, 0.29) is 5.91 Å². The molecule has 1 aromatic heterocycles. The average molecular weight is 437 g/mol. The first-order chi connectivity index (χ1) is 13.8. The molecule has 158 valence electrons. The Hall–Kier alpha value is -2.39. The summed E-state index contributed by atoms with van der Waals surface area (Å²) >= 11 is 1.42. The third-order valence-corrected chi connectivity index (χ3v) is 6.20. The SMILES string of the molecule is CCNC(=NCc1ccc(S(C)(=O)=O)c(C)c1)NCCCNC(=O)c1cccs1. The topological polar surface area (TPSA) is 99.7 Å². The van der Waals surface area contributed by atoms with Crippen molar-refractivity contribution in [1.29, 1.82) is 0 Å². The van der Waals surface area contributed by atoms with Gasteiger partial charge in [-0.3, -0.25) is 4.79 Å². The standard InChI is InChI=1S/C20H28N4O3S2/c1-4-21-20(23-11-6-10-22-19(25)17-7-5-12-28-17)24-14-16-8-9-18(15(2)13-16)29(3,26)27/h5,7-9,12-13H,4,6,10-11,14H2,1-3H3,(H,22,25)(H2,21,23,24). The fourth-order valence-corrected chi connectivity index (χ4v) is 4.33. The number of thiophene rings is 1. The zero-order chi connectivity index (χ0) is 21.3. The predicted molar refractivity (Wildman–Crippen MR) is 118 cm³/mol. The fraction of sp³-hybridized carbons (Fsp3) is 0.400. The van der Waals surface area contributed by atoms with Crippen LogP contribution in [-0.4, -0.2) is 46.2 Å². The Bertz CT molecular complexity index is 939. The van der Waals surface area contributed by atoms with Crippen LogP contribution in [0.2, 0.25) is 0 Å². The molecule has 7 nitrogen and oxygen atoms in total. The number of aryl methyl sites for hydroxylation is 1. The quantitative estimate of drug-likeness (QED) is 0.318. The Morgan fingerprint density at radius 3 is 2.52 bits per heavy atom. The summed E-state index contributed by atoms with van der Waals surface area (Å²) in [7, 11) is -3.22. The van der Waals surface area contributed by atoms with E-state index in [0.717, 1.165) is 24.1 Å². The van der Waals surface area contributed by atoms with Gasteiger partial charge in [0.15, 0.2) is 15.8 Å². The maximum Gasteiger partial charge on any atom is 0.261 e. The van der Waals surface area contributed by atoms with Gasteiger partial charge in [0.2, 0.25) is 0 Å². The van der Waals surface area contributed by atoms with E-state index in [4.69, 9.17) is 0 Å². The number of rotatable bonds is 9. The lowest BCUT2D eigenvalue weighted by molar-refractivity contribution is 0.0957. The van der Waals surface area contributed by atoms with Crippen molar-refractivity contribution in [2.24, 2.45) is 4.99 Å². The molecule has 2 aromatic rings. The Morgan fingerprint density at radius 2 is 1.90 bits per heavy atom. The van der Waals surface area contributed by atoms with Crippen LogP contribution in [0.25, 0.3) is 0 Å². The normalized spacial score (nSPS) is 11.9. The first-order valence-electron chi connectivity index (χ1n) is 9.44. The van der Waals surface area contributed by atoms with Crippen molar-refractivity contribution in [2.75, 3.05) is 25.9 Å². The maximum absolute atomic E-state index is 11.9. The molecule has 29 heavy (non-hydrogen) atoms. The number of nitrogens with one attached hydrogen (secondary N) is 3. The molecule has 2 rings (SSSR count). The molecule has 0 unspecified atom stereocenters. The van der Waals surface area contributed by atoms with E-state index in [1.54, 1.807) is 25.1 Å². The molecule has 0 radical (unpaired) electrons. The number of benzene rings is 1. The molecule has 1 aromatic carbocycles. The minimum absolute atomic E-state index is 0.0477. The molecule has 0 saturated carbocycles. The summed E-state index contributed by atoms with van der Waals surface area (Å²) in [6, 6.07) is 8.93. The van der Waals surface area contributed by atoms with Gasteiger partial charge in [0.05, 0.1) is 16.3 Å². The van der Waals surface area contributed by atoms with Gasteiger partial charge in [-0.1, -0.05) is 18.2 Å². The van der Waals surface area contributed by atoms with Crippen LogP contribution >= 0.6 is 11.3 Å². The Balaban J connectivity index is 1.83. The number of carbonyl (C=O) groups excluding carboxylic acids is 1. The van der Waals surface area contributed by atoms with E-state index >= 15 is 0 Å². The van der Waals surface area contributed by atoms with Gasteiger partial charge in [0.25, 0.3) is 5.91 Å². The Morgan fingerprint density at radius 1 is 1.14 bits per heavy atom. The van der Waals surface area contributed by atoms with Gasteiger partial charge >= 0.3 is 0 Å². The number of amides is 1. The zero-order valence-corrected chi connectivity index (χ0v) is 18.6. The number of nitrogens with zero attached hydrogens (tertiary/aromatic N) is 1. The van der Waals surface area contributed by atoms with Crippen molar-refractivity contribution in [3.63, 3.8) is 0 Å². The molecule has 0 bridgehead atoms. The van der Waals surface area contributed by atoms with Gasteiger partial charge in [-0.05, 0) is 48.9 Å².